The van der Waals surface area contributed by atoms with Gasteiger partial charge in [0.25, 0.3) is 0 Å². The molecular formula is C15H17Cl2NO3. The van der Waals surface area contributed by atoms with Crippen LogP contribution in [0.25, 0.3) is 0 Å². The fraction of sp³-hybridized carbons (Fsp3) is 0.533. The molecule has 21 heavy (non-hydrogen) atoms. The van der Waals surface area contributed by atoms with Gasteiger partial charge in [0.05, 0.1) is 16.7 Å². The zero-order valence-electron chi connectivity index (χ0n) is 11.7. The van der Waals surface area contributed by atoms with Crippen LogP contribution >= 0.6 is 23.2 Å². The van der Waals surface area contributed by atoms with Crippen LogP contribution in [-0.2, 0) is 10.2 Å². The Hall–Kier alpha value is -0.970. The van der Waals surface area contributed by atoms with Crippen molar-refractivity contribution in [3.63, 3.8) is 0 Å². The minimum atomic E-state index is -0.846. The van der Waals surface area contributed by atoms with Gasteiger partial charge in [-0.25, -0.2) is 4.79 Å². The number of nitrogens with zero attached hydrogens (tertiary/aromatic N) is 1. The molecule has 1 aliphatic heterocycles. The highest BCUT2D eigenvalue weighted by Gasteiger charge is 2.69. The minimum absolute atomic E-state index is 0.115. The molecular weight excluding hydrogens is 313 g/mol. The first-order valence-corrected chi connectivity index (χ1v) is 7.77. The van der Waals surface area contributed by atoms with E-state index in [1.165, 1.54) is 4.90 Å². The van der Waals surface area contributed by atoms with Gasteiger partial charge in [0, 0.05) is 25.1 Å². The zero-order valence-corrected chi connectivity index (χ0v) is 13.2. The van der Waals surface area contributed by atoms with Crippen LogP contribution in [0, 0.1) is 11.8 Å². The summed E-state index contributed by atoms with van der Waals surface area (Å²) in [7, 11) is 0. The Bertz CT molecular complexity index is 566. The number of fused-ring (bicyclic) bond motifs is 1. The topological polar surface area (TPSA) is 49.8 Å². The van der Waals surface area contributed by atoms with Gasteiger partial charge >= 0.3 is 6.09 Å². The second-order valence-electron chi connectivity index (χ2n) is 5.71. The summed E-state index contributed by atoms with van der Waals surface area (Å²) in [5.74, 6) is 0.606. The molecule has 0 bridgehead atoms. The highest BCUT2D eigenvalue weighted by Crippen LogP contribution is 2.64. The average Bonchev–Trinajstić information content (AvgIpc) is 2.83. The molecule has 0 unspecified atom stereocenters. The Balaban J connectivity index is 1.87. The third kappa shape index (κ3) is 2.30. The number of piperidine rings is 1. The molecule has 1 aliphatic carbocycles. The van der Waals surface area contributed by atoms with Crippen molar-refractivity contribution < 1.29 is 14.6 Å². The van der Waals surface area contributed by atoms with E-state index in [-0.39, 0.29) is 5.41 Å². The number of carboxylic acid groups (broad SMARTS) is 1. The Morgan fingerprint density at radius 2 is 2.05 bits per heavy atom. The molecule has 1 saturated carbocycles. The Labute approximate surface area is 133 Å². The second-order valence-corrected chi connectivity index (χ2v) is 6.52. The van der Waals surface area contributed by atoms with Crippen molar-refractivity contribution in [2.45, 2.75) is 12.3 Å². The maximum absolute atomic E-state index is 11.1. The first-order chi connectivity index (χ1) is 10.0. The van der Waals surface area contributed by atoms with Gasteiger partial charge in [0.1, 0.15) is 0 Å². The normalized spacial score (nSPS) is 30.3. The minimum Gasteiger partial charge on any atom is -0.465 e. The molecule has 1 aromatic rings. The first-order valence-electron chi connectivity index (χ1n) is 7.01. The molecule has 2 aliphatic rings. The van der Waals surface area contributed by atoms with Crippen molar-refractivity contribution in [1.29, 1.82) is 0 Å². The first kappa shape index (κ1) is 14.9. The number of rotatable bonds is 4. The zero-order chi connectivity index (χ0) is 15.2. The van der Waals surface area contributed by atoms with Gasteiger partial charge in [-0.2, -0.15) is 0 Å². The number of amides is 1. The number of carbonyl (C=O) groups is 1. The third-order valence-electron chi connectivity index (χ3n) is 4.81. The van der Waals surface area contributed by atoms with Crippen LogP contribution in [0.5, 0.6) is 0 Å². The Morgan fingerprint density at radius 3 is 2.57 bits per heavy atom. The number of hydrogen-bond donors (Lipinski definition) is 1. The van der Waals surface area contributed by atoms with Gasteiger partial charge in [-0.15, -0.1) is 0 Å². The summed E-state index contributed by atoms with van der Waals surface area (Å²) in [4.78, 5) is 12.6. The molecule has 1 saturated heterocycles. The molecule has 0 aromatic heterocycles. The largest absolute Gasteiger partial charge is 0.465 e. The molecule has 0 spiro atoms. The molecule has 114 valence electrons. The number of hydrogen-bond acceptors (Lipinski definition) is 2. The van der Waals surface area contributed by atoms with Crippen LogP contribution in [0.15, 0.2) is 18.2 Å². The average molecular weight is 330 g/mol. The van der Waals surface area contributed by atoms with Crippen molar-refractivity contribution >= 4 is 29.3 Å². The smallest absolute Gasteiger partial charge is 0.407 e. The number of likely N-dealkylation sites (tertiary alicyclic amines) is 1. The van der Waals surface area contributed by atoms with Crippen LogP contribution in [0.4, 0.5) is 4.79 Å². The third-order valence-corrected chi connectivity index (χ3v) is 5.55. The van der Waals surface area contributed by atoms with E-state index in [1.54, 1.807) is 6.07 Å². The molecule has 1 amide bonds. The van der Waals surface area contributed by atoms with Crippen LogP contribution < -0.4 is 0 Å². The van der Waals surface area contributed by atoms with Crippen molar-refractivity contribution in [1.82, 2.24) is 4.90 Å². The number of ether oxygens (including phenoxy) is 1. The van der Waals surface area contributed by atoms with Crippen molar-refractivity contribution in [3.8, 4) is 0 Å². The summed E-state index contributed by atoms with van der Waals surface area (Å²) in [6.45, 7) is 4.33. The molecule has 6 heteroatoms. The fourth-order valence-corrected chi connectivity index (χ4v) is 3.97. The van der Waals surface area contributed by atoms with Gasteiger partial charge < -0.3 is 14.7 Å². The quantitative estimate of drug-likeness (QED) is 0.919. The summed E-state index contributed by atoms with van der Waals surface area (Å²) < 4.78 is 5.68. The van der Waals surface area contributed by atoms with E-state index in [1.807, 2.05) is 19.1 Å². The molecule has 0 radical (unpaired) electrons. The van der Waals surface area contributed by atoms with Crippen molar-refractivity contribution in [2.75, 3.05) is 26.3 Å². The predicted octanol–water partition coefficient (Wildman–Crippen LogP) is 3.51. The van der Waals surface area contributed by atoms with Gasteiger partial charge in [0.2, 0.25) is 0 Å². The van der Waals surface area contributed by atoms with E-state index >= 15 is 0 Å². The van der Waals surface area contributed by atoms with Crippen LogP contribution in [0.3, 0.4) is 0 Å². The Morgan fingerprint density at radius 1 is 1.38 bits per heavy atom. The lowest BCUT2D eigenvalue weighted by atomic mass is 9.91. The number of benzene rings is 1. The predicted molar refractivity (Wildman–Crippen MR) is 81.2 cm³/mol. The maximum atomic E-state index is 11.1. The van der Waals surface area contributed by atoms with Crippen LogP contribution in [-0.4, -0.2) is 42.4 Å². The summed E-state index contributed by atoms with van der Waals surface area (Å²) in [6.07, 6.45) is -0.846. The second kappa shape index (κ2) is 5.34. The molecule has 1 N–H and O–H groups in total. The monoisotopic (exact) mass is 329 g/mol. The van der Waals surface area contributed by atoms with Crippen LogP contribution in [0.1, 0.15) is 12.5 Å². The highest BCUT2D eigenvalue weighted by atomic mass is 35.5. The highest BCUT2D eigenvalue weighted by molar-refractivity contribution is 6.42. The molecule has 1 aromatic carbocycles. The van der Waals surface area contributed by atoms with Gasteiger partial charge in [0.15, 0.2) is 0 Å². The van der Waals surface area contributed by atoms with E-state index in [4.69, 9.17) is 33.0 Å². The number of halogens is 2. The van der Waals surface area contributed by atoms with E-state index in [2.05, 4.69) is 0 Å². The lowest BCUT2D eigenvalue weighted by molar-refractivity contribution is 0.101. The van der Waals surface area contributed by atoms with E-state index in [9.17, 15) is 4.79 Å². The SMILES string of the molecule is CCOC[C@@]1(c2ccc(Cl)c(Cl)c2)[C@@H]2CN(C(=O)O)C[C@@H]21. The lowest BCUT2D eigenvalue weighted by Crippen LogP contribution is -2.36. The molecule has 3 rings (SSSR count). The Kier molecular flexibility index (Phi) is 3.80. The summed E-state index contributed by atoms with van der Waals surface area (Å²) in [5, 5.41) is 10.2. The summed E-state index contributed by atoms with van der Waals surface area (Å²) in [5.41, 5.74) is 0.987. The summed E-state index contributed by atoms with van der Waals surface area (Å²) >= 11 is 12.1. The van der Waals surface area contributed by atoms with Crippen molar-refractivity contribution in [3.05, 3.63) is 33.8 Å². The van der Waals surface area contributed by atoms with Gasteiger partial charge in [-0.05, 0) is 36.5 Å². The fourth-order valence-electron chi connectivity index (χ4n) is 3.67. The molecule has 3 atom stereocenters. The van der Waals surface area contributed by atoms with E-state index < -0.39 is 6.09 Å². The van der Waals surface area contributed by atoms with Gasteiger partial charge in [-0.3, -0.25) is 0 Å². The van der Waals surface area contributed by atoms with E-state index in [0.717, 1.165) is 5.56 Å². The van der Waals surface area contributed by atoms with Crippen LogP contribution in [0.2, 0.25) is 10.0 Å². The van der Waals surface area contributed by atoms with Crippen molar-refractivity contribution in [2.24, 2.45) is 11.8 Å². The lowest BCUT2D eigenvalue weighted by Gasteiger charge is -2.26. The molecule has 2 fully saturated rings. The van der Waals surface area contributed by atoms with Gasteiger partial charge in [-0.1, -0.05) is 29.3 Å². The standard InChI is InChI=1S/C15H17Cl2NO3/c1-2-21-8-15(9-3-4-12(16)13(17)5-9)10-6-18(14(19)20)7-11(10)15/h3-5,10-11H,2,6-8H2,1H3,(H,19,20)/t10-,11+,15-. The summed E-state index contributed by atoms with van der Waals surface area (Å²) in [6, 6.07) is 5.68. The van der Waals surface area contributed by atoms with E-state index in [0.29, 0.717) is 48.2 Å². The maximum Gasteiger partial charge on any atom is 0.407 e. The molecule has 1 heterocycles. The molecule has 4 nitrogen and oxygen atoms in total.